The zero-order chi connectivity index (χ0) is 17.1. The van der Waals surface area contributed by atoms with Crippen LogP contribution in [0.4, 0.5) is 10.2 Å². The number of aromatic carboxylic acids is 1. The van der Waals surface area contributed by atoms with E-state index in [0.717, 1.165) is 31.7 Å². The summed E-state index contributed by atoms with van der Waals surface area (Å²) in [4.78, 5) is 23.3. The van der Waals surface area contributed by atoms with Gasteiger partial charge in [-0.1, -0.05) is 12.1 Å². The van der Waals surface area contributed by atoms with Crippen LogP contribution in [-0.2, 0) is 0 Å². The van der Waals surface area contributed by atoms with Crippen LogP contribution in [0.3, 0.4) is 0 Å². The first-order valence-corrected chi connectivity index (χ1v) is 7.84. The van der Waals surface area contributed by atoms with Crippen LogP contribution in [0.5, 0.6) is 0 Å². The molecular formula is C17H19FN4O2. The number of carboxylic acid groups (broad SMARTS) is 1. The molecule has 0 amide bonds. The lowest BCUT2D eigenvalue weighted by Gasteiger charge is -2.38. The molecule has 2 heterocycles. The summed E-state index contributed by atoms with van der Waals surface area (Å²) >= 11 is 0. The van der Waals surface area contributed by atoms with E-state index in [4.69, 9.17) is 5.11 Å². The Labute approximate surface area is 139 Å². The fourth-order valence-corrected chi connectivity index (χ4v) is 2.91. The van der Waals surface area contributed by atoms with E-state index in [-0.39, 0.29) is 17.6 Å². The predicted molar refractivity (Wildman–Crippen MR) is 87.6 cm³/mol. The number of hydrogen-bond acceptors (Lipinski definition) is 5. The molecule has 7 heteroatoms. The number of carbonyl (C=O) groups is 1. The highest BCUT2D eigenvalue weighted by molar-refractivity contribution is 5.84. The molecule has 1 N–H and O–H groups in total. The lowest BCUT2D eigenvalue weighted by molar-refractivity contribution is 0.0690. The zero-order valence-electron chi connectivity index (χ0n) is 13.4. The van der Waals surface area contributed by atoms with Crippen molar-refractivity contribution < 1.29 is 14.3 Å². The highest BCUT2D eigenvalue weighted by Crippen LogP contribution is 2.23. The van der Waals surface area contributed by atoms with Gasteiger partial charge in [0, 0.05) is 32.2 Å². The number of aromatic nitrogens is 2. The van der Waals surface area contributed by atoms with Gasteiger partial charge < -0.3 is 10.0 Å². The number of nitrogens with zero attached hydrogens (tertiary/aromatic N) is 4. The maximum absolute atomic E-state index is 13.4. The standard InChI is InChI=1S/C17H19FN4O2/c1-12(13-3-2-4-14(18)9-13)21-5-7-22(8-6-21)16-11-19-15(10-20-16)17(23)24/h2-4,9-12H,5-8H2,1H3,(H,23,24). The van der Waals surface area contributed by atoms with Crippen LogP contribution in [0, 0.1) is 5.82 Å². The molecule has 1 aromatic heterocycles. The molecule has 0 bridgehead atoms. The lowest BCUT2D eigenvalue weighted by Crippen LogP contribution is -2.47. The summed E-state index contributed by atoms with van der Waals surface area (Å²) in [5, 5.41) is 8.86. The fraction of sp³-hybridized carbons (Fsp3) is 0.353. The first-order valence-electron chi connectivity index (χ1n) is 7.84. The van der Waals surface area contributed by atoms with Gasteiger partial charge in [0.25, 0.3) is 0 Å². The molecule has 1 aromatic carbocycles. The second-order valence-corrected chi connectivity index (χ2v) is 5.82. The second kappa shape index (κ2) is 6.92. The largest absolute Gasteiger partial charge is 0.476 e. The topological polar surface area (TPSA) is 69.6 Å². The summed E-state index contributed by atoms with van der Waals surface area (Å²) in [6, 6.07) is 6.84. The van der Waals surface area contributed by atoms with Crippen molar-refractivity contribution in [3.8, 4) is 0 Å². The van der Waals surface area contributed by atoms with Crippen molar-refractivity contribution >= 4 is 11.8 Å². The van der Waals surface area contributed by atoms with Crippen LogP contribution in [0.25, 0.3) is 0 Å². The SMILES string of the molecule is CC(c1cccc(F)c1)N1CCN(c2cnc(C(=O)O)cn2)CC1. The molecule has 0 saturated carbocycles. The molecule has 0 radical (unpaired) electrons. The van der Waals surface area contributed by atoms with E-state index in [9.17, 15) is 9.18 Å². The maximum atomic E-state index is 13.4. The molecule has 0 aliphatic carbocycles. The molecule has 1 saturated heterocycles. The number of rotatable bonds is 4. The monoisotopic (exact) mass is 330 g/mol. The van der Waals surface area contributed by atoms with Crippen molar-refractivity contribution in [2.24, 2.45) is 0 Å². The summed E-state index contributed by atoms with van der Waals surface area (Å²) < 4.78 is 13.4. The van der Waals surface area contributed by atoms with Crippen LogP contribution in [0.15, 0.2) is 36.7 Å². The van der Waals surface area contributed by atoms with Gasteiger partial charge in [-0.25, -0.2) is 19.2 Å². The molecule has 6 nitrogen and oxygen atoms in total. The lowest BCUT2D eigenvalue weighted by atomic mass is 10.1. The van der Waals surface area contributed by atoms with Gasteiger partial charge in [0.1, 0.15) is 11.6 Å². The van der Waals surface area contributed by atoms with Crippen molar-refractivity contribution in [3.63, 3.8) is 0 Å². The van der Waals surface area contributed by atoms with Crippen molar-refractivity contribution in [3.05, 3.63) is 53.7 Å². The maximum Gasteiger partial charge on any atom is 0.356 e. The average molecular weight is 330 g/mol. The van der Waals surface area contributed by atoms with Gasteiger partial charge in [0.2, 0.25) is 0 Å². The summed E-state index contributed by atoms with van der Waals surface area (Å²) in [5.74, 6) is -0.618. The van der Waals surface area contributed by atoms with Crippen LogP contribution in [0.2, 0.25) is 0 Å². The molecule has 3 rings (SSSR count). The Morgan fingerprint density at radius 2 is 1.96 bits per heavy atom. The Bertz CT molecular complexity index is 715. The Morgan fingerprint density at radius 1 is 1.21 bits per heavy atom. The van der Waals surface area contributed by atoms with Crippen molar-refractivity contribution in [1.29, 1.82) is 0 Å². The summed E-state index contributed by atoms with van der Waals surface area (Å²) in [5.41, 5.74) is 0.908. The molecule has 0 spiro atoms. The highest BCUT2D eigenvalue weighted by Gasteiger charge is 2.23. The minimum Gasteiger partial charge on any atom is -0.476 e. The quantitative estimate of drug-likeness (QED) is 0.927. The Kier molecular flexibility index (Phi) is 4.71. The third kappa shape index (κ3) is 3.51. The normalized spacial score (nSPS) is 16.8. The van der Waals surface area contributed by atoms with E-state index in [0.29, 0.717) is 5.82 Å². The van der Waals surface area contributed by atoms with E-state index in [1.54, 1.807) is 12.1 Å². The molecule has 1 unspecified atom stereocenters. The smallest absolute Gasteiger partial charge is 0.356 e. The van der Waals surface area contributed by atoms with E-state index in [1.807, 2.05) is 6.07 Å². The molecule has 24 heavy (non-hydrogen) atoms. The van der Waals surface area contributed by atoms with Gasteiger partial charge in [-0.2, -0.15) is 0 Å². The number of anilines is 1. The van der Waals surface area contributed by atoms with E-state index in [1.165, 1.54) is 18.5 Å². The Morgan fingerprint density at radius 3 is 2.54 bits per heavy atom. The molecule has 1 fully saturated rings. The van der Waals surface area contributed by atoms with Gasteiger partial charge >= 0.3 is 5.97 Å². The van der Waals surface area contributed by atoms with Crippen molar-refractivity contribution in [2.45, 2.75) is 13.0 Å². The first-order chi connectivity index (χ1) is 11.5. The van der Waals surface area contributed by atoms with Gasteiger partial charge in [-0.05, 0) is 24.6 Å². The second-order valence-electron chi connectivity index (χ2n) is 5.82. The number of carboxylic acids is 1. The molecule has 126 valence electrons. The van der Waals surface area contributed by atoms with E-state index >= 15 is 0 Å². The fourth-order valence-electron chi connectivity index (χ4n) is 2.91. The highest BCUT2D eigenvalue weighted by atomic mass is 19.1. The number of benzene rings is 1. The van der Waals surface area contributed by atoms with Crippen molar-refractivity contribution in [1.82, 2.24) is 14.9 Å². The van der Waals surface area contributed by atoms with Crippen LogP contribution >= 0.6 is 0 Å². The Balaban J connectivity index is 1.62. The van der Waals surface area contributed by atoms with Crippen molar-refractivity contribution in [2.75, 3.05) is 31.1 Å². The number of halogens is 1. The average Bonchev–Trinajstić information content (AvgIpc) is 2.61. The molecule has 1 atom stereocenters. The van der Waals surface area contributed by atoms with Crippen LogP contribution in [0.1, 0.15) is 29.0 Å². The van der Waals surface area contributed by atoms with Crippen LogP contribution in [-0.4, -0.2) is 52.1 Å². The summed E-state index contributed by atoms with van der Waals surface area (Å²) in [7, 11) is 0. The van der Waals surface area contributed by atoms with E-state index < -0.39 is 5.97 Å². The van der Waals surface area contributed by atoms with Gasteiger partial charge in [0.05, 0.1) is 12.4 Å². The van der Waals surface area contributed by atoms with Gasteiger partial charge in [-0.15, -0.1) is 0 Å². The minimum atomic E-state index is -1.08. The summed E-state index contributed by atoms with van der Waals surface area (Å²) in [6.07, 6.45) is 2.77. The van der Waals surface area contributed by atoms with Gasteiger partial charge in [0.15, 0.2) is 5.69 Å². The third-order valence-electron chi connectivity index (χ3n) is 4.37. The zero-order valence-corrected chi connectivity index (χ0v) is 13.4. The van der Waals surface area contributed by atoms with Crippen LogP contribution < -0.4 is 4.90 Å². The molecule has 1 aliphatic heterocycles. The molecule has 2 aromatic rings. The predicted octanol–water partition coefficient (Wildman–Crippen LogP) is 2.20. The number of hydrogen-bond donors (Lipinski definition) is 1. The third-order valence-corrected chi connectivity index (χ3v) is 4.37. The number of piperazine rings is 1. The van der Waals surface area contributed by atoms with E-state index in [2.05, 4.69) is 26.7 Å². The minimum absolute atomic E-state index is 0.0582. The first kappa shape index (κ1) is 16.3. The summed E-state index contributed by atoms with van der Waals surface area (Å²) in [6.45, 7) is 5.24. The molecular weight excluding hydrogens is 311 g/mol. The van der Waals surface area contributed by atoms with Gasteiger partial charge in [-0.3, -0.25) is 4.90 Å². The Hall–Kier alpha value is -2.54. The molecule has 1 aliphatic rings.